The highest BCUT2D eigenvalue weighted by molar-refractivity contribution is 7.97. The Morgan fingerprint density at radius 1 is 0.810 bits per heavy atom. The molecule has 0 saturated heterocycles. The first-order valence-corrected chi connectivity index (χ1v) is 8.72. The highest BCUT2D eigenvalue weighted by Crippen LogP contribution is 2.17. The predicted octanol–water partition coefficient (Wildman–Crippen LogP) is 4.59. The van der Waals surface area contributed by atoms with Crippen LogP contribution in [0.25, 0.3) is 0 Å². The van der Waals surface area contributed by atoms with Gasteiger partial charge >= 0.3 is 0 Å². The van der Waals surface area contributed by atoms with Crippen molar-refractivity contribution in [2.75, 3.05) is 6.54 Å². The van der Waals surface area contributed by atoms with E-state index in [4.69, 9.17) is 0 Å². The summed E-state index contributed by atoms with van der Waals surface area (Å²) >= 11 is 3.37. The molecule has 2 nitrogen and oxygen atoms in total. The van der Waals surface area contributed by atoms with Gasteiger partial charge in [0, 0.05) is 22.4 Å². The normalized spacial score (nSPS) is 12.3. The van der Waals surface area contributed by atoms with E-state index in [9.17, 15) is 0 Å². The van der Waals surface area contributed by atoms with Crippen LogP contribution >= 0.6 is 23.9 Å². The molecule has 0 unspecified atom stereocenters. The maximum Gasteiger partial charge on any atom is 0.0281 e. The third kappa shape index (κ3) is 6.14. The van der Waals surface area contributed by atoms with Crippen LogP contribution in [0.3, 0.4) is 0 Å². The maximum absolute atomic E-state index is 3.45. The smallest absolute Gasteiger partial charge is 0.0281 e. The van der Waals surface area contributed by atoms with E-state index >= 15 is 0 Å². The van der Waals surface area contributed by atoms with E-state index in [-0.39, 0.29) is 0 Å². The summed E-state index contributed by atoms with van der Waals surface area (Å²) in [5.41, 5.74) is 2.59. The van der Waals surface area contributed by atoms with Gasteiger partial charge < -0.3 is 0 Å². The van der Waals surface area contributed by atoms with Crippen molar-refractivity contribution in [2.24, 2.45) is 0 Å². The van der Waals surface area contributed by atoms with Crippen molar-refractivity contribution in [3.05, 3.63) is 59.7 Å². The molecule has 0 saturated carbocycles. The summed E-state index contributed by atoms with van der Waals surface area (Å²) in [6, 6.07) is 17.5. The zero-order valence-corrected chi connectivity index (χ0v) is 14.4. The molecule has 2 aromatic rings. The fourth-order valence-corrected chi connectivity index (χ4v) is 3.14. The number of rotatable bonds is 7. The minimum Gasteiger partial charge on any atom is -0.258 e. The molecule has 2 N–H and O–H groups in total. The minimum absolute atomic E-state index is 0.397. The van der Waals surface area contributed by atoms with Crippen molar-refractivity contribution < 1.29 is 0 Å². The summed E-state index contributed by atoms with van der Waals surface area (Å²) in [6.07, 6.45) is 0. The summed E-state index contributed by atoms with van der Waals surface area (Å²) in [4.78, 5) is 2.50. The lowest BCUT2D eigenvalue weighted by molar-refractivity contribution is 0.679. The van der Waals surface area contributed by atoms with Crippen LogP contribution in [0.1, 0.15) is 18.1 Å². The van der Waals surface area contributed by atoms with Crippen LogP contribution in [0, 0.1) is 13.8 Å². The molecule has 1 atom stereocenters. The molecule has 2 rings (SSSR count). The Kier molecular flexibility index (Phi) is 6.64. The molecular weight excluding hydrogens is 296 g/mol. The molecule has 112 valence electrons. The van der Waals surface area contributed by atoms with E-state index in [1.165, 1.54) is 20.9 Å². The lowest BCUT2D eigenvalue weighted by Gasteiger charge is -2.13. The first kappa shape index (κ1) is 16.4. The minimum atomic E-state index is 0.397. The summed E-state index contributed by atoms with van der Waals surface area (Å²) in [6.45, 7) is 7.31. The molecule has 0 amide bonds. The van der Waals surface area contributed by atoms with E-state index in [2.05, 4.69) is 78.7 Å². The molecule has 0 aliphatic rings. The Morgan fingerprint density at radius 2 is 1.29 bits per heavy atom. The van der Waals surface area contributed by atoms with Crippen molar-refractivity contribution >= 4 is 23.9 Å². The monoisotopic (exact) mass is 318 g/mol. The van der Waals surface area contributed by atoms with Crippen molar-refractivity contribution in [1.29, 1.82) is 0 Å². The lowest BCUT2D eigenvalue weighted by atomic mass is 10.2. The van der Waals surface area contributed by atoms with Crippen LogP contribution in [0.4, 0.5) is 0 Å². The summed E-state index contributed by atoms with van der Waals surface area (Å²) in [5, 5.41) is 0. The van der Waals surface area contributed by atoms with Gasteiger partial charge in [-0.15, -0.1) is 0 Å². The van der Waals surface area contributed by atoms with Gasteiger partial charge in [-0.1, -0.05) is 35.4 Å². The Morgan fingerprint density at radius 3 is 1.81 bits per heavy atom. The quantitative estimate of drug-likeness (QED) is 0.729. The summed E-state index contributed by atoms with van der Waals surface area (Å²) < 4.78 is 6.86. The molecule has 0 fully saturated rings. The summed E-state index contributed by atoms with van der Waals surface area (Å²) in [5.74, 6) is 0. The van der Waals surface area contributed by atoms with Gasteiger partial charge in [-0.2, -0.15) is 0 Å². The van der Waals surface area contributed by atoms with Crippen molar-refractivity contribution in [1.82, 2.24) is 9.44 Å². The third-order valence-corrected chi connectivity index (χ3v) is 4.85. The number of hydrogen-bond acceptors (Lipinski definition) is 4. The average Bonchev–Trinajstić information content (AvgIpc) is 2.49. The van der Waals surface area contributed by atoms with Crippen LogP contribution in [-0.4, -0.2) is 12.6 Å². The zero-order valence-electron chi connectivity index (χ0n) is 12.7. The van der Waals surface area contributed by atoms with E-state index in [1.807, 2.05) is 0 Å². The van der Waals surface area contributed by atoms with E-state index in [0.29, 0.717) is 6.04 Å². The fraction of sp³-hybridized carbons (Fsp3) is 0.294. The molecule has 0 bridgehead atoms. The van der Waals surface area contributed by atoms with E-state index in [0.717, 1.165) is 6.54 Å². The number of nitrogens with one attached hydrogen (secondary N) is 2. The van der Waals surface area contributed by atoms with E-state index < -0.39 is 0 Å². The van der Waals surface area contributed by atoms with Crippen molar-refractivity contribution in [3.8, 4) is 0 Å². The largest absolute Gasteiger partial charge is 0.258 e. The molecular formula is C17H22N2S2. The SMILES string of the molecule is Cc1ccc(SNC[C@H](C)NSc2ccc(C)cc2)cc1. The van der Waals surface area contributed by atoms with Gasteiger partial charge in [0.2, 0.25) is 0 Å². The van der Waals surface area contributed by atoms with Gasteiger partial charge in [-0.3, -0.25) is 9.44 Å². The number of aryl methyl sites for hydroxylation is 2. The third-order valence-electron chi connectivity index (χ3n) is 3.00. The summed E-state index contributed by atoms with van der Waals surface area (Å²) in [7, 11) is 0. The second kappa shape index (κ2) is 8.49. The fourth-order valence-electron chi connectivity index (χ4n) is 1.67. The van der Waals surface area contributed by atoms with Crippen LogP contribution in [-0.2, 0) is 0 Å². The van der Waals surface area contributed by atoms with Crippen LogP contribution in [0.5, 0.6) is 0 Å². The second-order valence-corrected chi connectivity index (χ2v) is 7.07. The van der Waals surface area contributed by atoms with Gasteiger partial charge in [0.1, 0.15) is 0 Å². The Labute approximate surface area is 136 Å². The number of benzene rings is 2. The van der Waals surface area contributed by atoms with Gasteiger partial charge in [0.25, 0.3) is 0 Å². The molecule has 0 spiro atoms. The maximum atomic E-state index is 3.45. The molecule has 0 heterocycles. The first-order chi connectivity index (χ1) is 10.1. The number of hydrogen-bond donors (Lipinski definition) is 2. The van der Waals surface area contributed by atoms with Crippen LogP contribution in [0.2, 0.25) is 0 Å². The molecule has 0 radical (unpaired) electrons. The second-order valence-electron chi connectivity index (χ2n) is 5.20. The molecule has 2 aromatic carbocycles. The van der Waals surface area contributed by atoms with Crippen molar-refractivity contribution in [3.63, 3.8) is 0 Å². The van der Waals surface area contributed by atoms with E-state index in [1.54, 1.807) is 23.9 Å². The van der Waals surface area contributed by atoms with Gasteiger partial charge in [0.15, 0.2) is 0 Å². The van der Waals surface area contributed by atoms with Crippen LogP contribution < -0.4 is 9.44 Å². The predicted molar refractivity (Wildman–Crippen MR) is 94.7 cm³/mol. The Hall–Kier alpha value is -0.940. The lowest BCUT2D eigenvalue weighted by Crippen LogP contribution is -2.29. The van der Waals surface area contributed by atoms with Gasteiger partial charge in [-0.25, -0.2) is 0 Å². The topological polar surface area (TPSA) is 24.1 Å². The highest BCUT2D eigenvalue weighted by atomic mass is 32.2. The molecule has 21 heavy (non-hydrogen) atoms. The van der Waals surface area contributed by atoms with Gasteiger partial charge in [-0.05, 0) is 68.9 Å². The highest BCUT2D eigenvalue weighted by Gasteiger charge is 2.02. The average molecular weight is 319 g/mol. The van der Waals surface area contributed by atoms with Crippen LogP contribution in [0.15, 0.2) is 58.3 Å². The Bertz CT molecular complexity index is 538. The molecule has 0 aliphatic carbocycles. The van der Waals surface area contributed by atoms with Gasteiger partial charge in [0.05, 0.1) is 0 Å². The molecule has 4 heteroatoms. The Balaban J connectivity index is 1.66. The van der Waals surface area contributed by atoms with Crippen molar-refractivity contribution in [2.45, 2.75) is 36.6 Å². The zero-order chi connectivity index (χ0) is 15.1. The molecule has 0 aliphatic heterocycles. The standard InChI is InChI=1S/C17H22N2S2/c1-13-4-8-16(9-5-13)20-18-12-15(3)19-21-17-10-6-14(2)7-11-17/h4-11,15,18-19H,12H2,1-3H3/t15-/m0/s1. The first-order valence-electron chi connectivity index (χ1n) is 7.09. The molecule has 0 aromatic heterocycles.